The van der Waals surface area contributed by atoms with Gasteiger partial charge in [0.1, 0.15) is 36.8 Å². The maximum absolute atomic E-state index is 11.6. The van der Waals surface area contributed by atoms with Crippen LogP contribution in [0.25, 0.3) is 0 Å². The van der Waals surface area contributed by atoms with Crippen LogP contribution in [-0.4, -0.2) is 81.3 Å². The van der Waals surface area contributed by atoms with E-state index in [4.69, 9.17) is 31.3 Å². The van der Waals surface area contributed by atoms with Crippen molar-refractivity contribution in [2.45, 2.75) is 90.6 Å². The van der Waals surface area contributed by atoms with Gasteiger partial charge in [0, 0.05) is 34.6 Å². The predicted molar refractivity (Wildman–Crippen MR) is 133 cm³/mol. The summed E-state index contributed by atoms with van der Waals surface area (Å²) in [6, 6.07) is 3.45. The molecule has 206 valence electrons. The Hall–Kier alpha value is -2.86. The van der Waals surface area contributed by atoms with Crippen LogP contribution < -0.4 is 9.47 Å². The molecule has 0 spiro atoms. The highest BCUT2D eigenvalue weighted by molar-refractivity contribution is 5.59. The maximum Gasteiger partial charge on any atom is 0.508 e. The van der Waals surface area contributed by atoms with Crippen LogP contribution in [0.1, 0.15) is 69.7 Å². The van der Waals surface area contributed by atoms with Crippen molar-refractivity contribution in [3.05, 3.63) is 41.1 Å². The van der Waals surface area contributed by atoms with Crippen molar-refractivity contribution in [1.29, 1.82) is 0 Å². The van der Waals surface area contributed by atoms with E-state index in [1.807, 2.05) is 0 Å². The lowest BCUT2D eigenvalue weighted by atomic mass is 9.99. The lowest BCUT2D eigenvalue weighted by Gasteiger charge is -2.39. The Balaban J connectivity index is 1.98. The summed E-state index contributed by atoms with van der Waals surface area (Å²) in [5.74, 6) is -0.582. The molecule has 2 aromatic rings. The summed E-state index contributed by atoms with van der Waals surface area (Å²) in [4.78, 5) is 11.6. The number of hydrogen-bond donors (Lipinski definition) is 3. The molecule has 1 aromatic carbocycles. The number of benzene rings is 1. The van der Waals surface area contributed by atoms with Gasteiger partial charge in [0.2, 0.25) is 12.2 Å². The zero-order valence-electron chi connectivity index (χ0n) is 29.9. The molecule has 37 heavy (non-hydrogen) atoms. The highest BCUT2D eigenvalue weighted by atomic mass is 16.7. The average Bonchev–Trinajstić information content (AvgIpc) is 3.27. The van der Waals surface area contributed by atoms with Crippen LogP contribution in [0, 0.1) is 6.92 Å². The first-order valence-corrected chi connectivity index (χ1v) is 11.5. The van der Waals surface area contributed by atoms with E-state index in [9.17, 15) is 20.1 Å². The van der Waals surface area contributed by atoms with E-state index in [0.29, 0.717) is 0 Å². The first kappa shape index (κ1) is 18.4. The summed E-state index contributed by atoms with van der Waals surface area (Å²) in [5, 5.41) is 35.8. The largest absolute Gasteiger partial charge is 0.508 e. The van der Waals surface area contributed by atoms with E-state index in [1.54, 1.807) is 6.92 Å². The van der Waals surface area contributed by atoms with Gasteiger partial charge in [0.05, 0.1) is 14.1 Å². The van der Waals surface area contributed by atoms with Crippen molar-refractivity contribution in [3.8, 4) is 11.6 Å². The number of aromatic nitrogens is 2. The van der Waals surface area contributed by atoms with Crippen LogP contribution in [0.2, 0.25) is 0 Å². The molecule has 0 amide bonds. The molecule has 2 heterocycles. The molecule has 3 N–H and O–H groups in total. The molecule has 0 aliphatic carbocycles. The first-order chi connectivity index (χ1) is 21.0. The van der Waals surface area contributed by atoms with Crippen molar-refractivity contribution >= 4 is 6.16 Å². The zero-order valence-corrected chi connectivity index (χ0v) is 20.9. The Morgan fingerprint density at radius 3 is 2.51 bits per heavy atom. The van der Waals surface area contributed by atoms with Gasteiger partial charge in [-0.15, -0.1) is 5.10 Å². The number of carbonyl (C=O) groups is 1. The second-order valence-corrected chi connectivity index (χ2v) is 8.40. The van der Waals surface area contributed by atoms with E-state index in [0.717, 1.165) is 4.68 Å². The monoisotopic (exact) mass is 531 g/mol. The summed E-state index contributed by atoms with van der Waals surface area (Å²) in [6.45, 7) is -0.552. The van der Waals surface area contributed by atoms with E-state index in [1.165, 1.54) is 45.0 Å². The molecule has 1 saturated heterocycles. The molecular weight excluding hydrogens is 484 g/mol. The van der Waals surface area contributed by atoms with Crippen LogP contribution in [0.3, 0.4) is 0 Å². The van der Waals surface area contributed by atoms with Gasteiger partial charge in [-0.2, -0.15) is 0 Å². The molecule has 1 aliphatic heterocycles. The van der Waals surface area contributed by atoms with Gasteiger partial charge in [-0.1, -0.05) is 12.1 Å². The third kappa shape index (κ3) is 7.13. The van der Waals surface area contributed by atoms with Crippen LogP contribution in [0.4, 0.5) is 4.79 Å². The maximum atomic E-state index is 11.6. The normalized spacial score (nSPS) is 28.8. The van der Waals surface area contributed by atoms with Crippen molar-refractivity contribution in [2.75, 3.05) is 13.2 Å². The number of nitrogens with zero attached hydrogens (tertiary/aromatic N) is 2. The second-order valence-electron chi connectivity index (χ2n) is 8.40. The van der Waals surface area contributed by atoms with E-state index in [2.05, 4.69) is 9.84 Å². The Bertz CT molecular complexity index is 1330. The first-order valence-electron chi connectivity index (χ1n) is 16.0. The smallest absolute Gasteiger partial charge is 0.491 e. The van der Waals surface area contributed by atoms with Gasteiger partial charge in [-0.25, -0.2) is 4.79 Å². The lowest BCUT2D eigenvalue weighted by Crippen LogP contribution is -2.60. The third-order valence-electron chi connectivity index (χ3n) is 5.41. The summed E-state index contributed by atoms with van der Waals surface area (Å²) in [7, 11) is 0. The fourth-order valence-corrected chi connectivity index (χ4v) is 3.61. The molecule has 0 saturated carbocycles. The van der Waals surface area contributed by atoms with Crippen LogP contribution >= 0.6 is 0 Å². The summed E-state index contributed by atoms with van der Waals surface area (Å²) in [5.41, 5.74) is -0.103. The highest BCUT2D eigenvalue weighted by Crippen LogP contribution is 2.31. The molecule has 0 radical (unpaired) electrons. The Labute approximate surface area is 229 Å². The van der Waals surface area contributed by atoms with Gasteiger partial charge < -0.3 is 39.0 Å². The average molecular weight is 532 g/mol. The van der Waals surface area contributed by atoms with E-state index in [-0.39, 0.29) is 29.2 Å². The number of carbonyl (C=O) groups excluding carboxylic acids is 1. The Kier molecular flexibility index (Phi) is 6.26. The molecule has 1 aliphatic rings. The lowest BCUT2D eigenvalue weighted by molar-refractivity contribution is -0.278. The van der Waals surface area contributed by atoms with Gasteiger partial charge in [0.15, 0.2) is 0 Å². The fourth-order valence-electron chi connectivity index (χ4n) is 3.61. The number of hydrogen-bond acceptors (Lipinski definition) is 10. The summed E-state index contributed by atoms with van der Waals surface area (Å²) >= 11 is 0. The van der Waals surface area contributed by atoms with Crippen LogP contribution in [0.15, 0.2) is 24.3 Å². The quantitative estimate of drug-likeness (QED) is 0.392. The number of rotatable bonds is 10. The molecule has 0 bridgehead atoms. The molecule has 11 heteroatoms. The van der Waals surface area contributed by atoms with E-state index >= 15 is 0 Å². The predicted octanol–water partition coefficient (Wildman–Crippen LogP) is 2.51. The minimum absolute atomic E-state index is 0.0138. The summed E-state index contributed by atoms with van der Waals surface area (Å²) in [6.07, 6.45) is -14.2. The van der Waals surface area contributed by atoms with Crippen molar-refractivity contribution in [3.63, 3.8) is 0 Å². The van der Waals surface area contributed by atoms with Crippen molar-refractivity contribution < 1.29 is 56.1 Å². The number of ether oxygens (including phenoxy) is 5. The molecule has 3 rings (SSSR count). The standard InChI is InChI=1S/C26H38N2O9/c1-7-33-26(32)34-13-20-21(29)22(30)23(31)25(36-20)37-24-19(16(6)28(27-24)14(2)3)12-17-8-10-18(11-9-17)35-15(4)5/h8-11,14-15,20-23,25,29-31H,7,12-13H2,1-6H3/t20-,21-,22+,23-,25+/m1/s1/i4D3,5D3,12D2,14D. The Morgan fingerprint density at radius 1 is 1.19 bits per heavy atom. The SMILES string of the molecule is [2H]C([2H])(c1ccc(OC(C([2H])([2H])[2H])C([2H])([2H])[2H])cc1)c1c(O[C@@H]2O[C@H](COC(=O)OCC)[C@@H](O)[C@H](O)[C@H]2O)nn(C([2H])(C)C)c1C. The zero-order chi connectivity index (χ0) is 35.0. The van der Waals surface area contributed by atoms with Gasteiger partial charge in [-0.05, 0) is 59.1 Å². The number of aliphatic hydroxyl groups excluding tert-OH is 3. The highest BCUT2D eigenvalue weighted by Gasteiger charge is 2.46. The molecule has 5 atom stereocenters. The minimum Gasteiger partial charge on any atom is -0.491 e. The second kappa shape index (κ2) is 12.6. The Morgan fingerprint density at radius 2 is 1.89 bits per heavy atom. The molecule has 1 aromatic heterocycles. The molecule has 1 fully saturated rings. The molecular formula is C26H38N2O9. The topological polar surface area (TPSA) is 142 Å². The van der Waals surface area contributed by atoms with Crippen molar-refractivity contribution in [2.24, 2.45) is 0 Å². The fraction of sp³-hybridized carbons (Fsp3) is 0.615. The molecule has 11 nitrogen and oxygen atoms in total. The van der Waals surface area contributed by atoms with Gasteiger partial charge in [-0.3, -0.25) is 4.68 Å². The van der Waals surface area contributed by atoms with Crippen LogP contribution in [0.5, 0.6) is 11.6 Å². The molecule has 0 unspecified atom stereocenters. The van der Waals surface area contributed by atoms with Crippen molar-refractivity contribution in [1.82, 2.24) is 9.78 Å². The van der Waals surface area contributed by atoms with E-state index < -0.39 is 81.5 Å². The minimum atomic E-state index is -2.97. The van der Waals surface area contributed by atoms with Gasteiger partial charge >= 0.3 is 6.16 Å². The third-order valence-corrected chi connectivity index (χ3v) is 5.41. The van der Waals surface area contributed by atoms with Gasteiger partial charge in [0.25, 0.3) is 0 Å². The number of aliphatic hydroxyl groups is 3. The van der Waals surface area contributed by atoms with Crippen LogP contribution in [-0.2, 0) is 20.6 Å². The summed E-state index contributed by atoms with van der Waals surface area (Å²) < 4.78 is 99.1.